The second-order valence-electron chi connectivity index (χ2n) is 4.94. The van der Waals surface area contributed by atoms with Crippen LogP contribution in [0.1, 0.15) is 25.9 Å². The van der Waals surface area contributed by atoms with Crippen molar-refractivity contribution in [1.29, 1.82) is 0 Å². The molecule has 3 rings (SSSR count). The van der Waals surface area contributed by atoms with E-state index in [4.69, 9.17) is 4.74 Å². The van der Waals surface area contributed by atoms with Gasteiger partial charge < -0.3 is 4.74 Å². The van der Waals surface area contributed by atoms with Crippen molar-refractivity contribution in [1.82, 2.24) is 19.9 Å². The zero-order valence-electron chi connectivity index (χ0n) is 11.7. The third kappa shape index (κ3) is 2.95. The van der Waals surface area contributed by atoms with Crippen LogP contribution >= 0.6 is 12.4 Å². The fourth-order valence-electron chi connectivity index (χ4n) is 2.70. The topological polar surface area (TPSA) is 43.2 Å². The van der Waals surface area contributed by atoms with E-state index in [1.807, 2.05) is 18.2 Å². The van der Waals surface area contributed by atoms with Crippen LogP contribution in [0.5, 0.6) is 0 Å². The molecule has 2 heterocycles. The maximum absolute atomic E-state index is 5.45. The van der Waals surface area contributed by atoms with Crippen LogP contribution in [0.4, 0.5) is 0 Å². The van der Waals surface area contributed by atoms with Crippen LogP contribution < -0.4 is 0 Å². The van der Waals surface area contributed by atoms with Gasteiger partial charge in [0.2, 0.25) is 0 Å². The molecule has 1 unspecified atom stereocenters. The van der Waals surface area contributed by atoms with Gasteiger partial charge in [-0.3, -0.25) is 4.90 Å². The van der Waals surface area contributed by atoms with Crippen LogP contribution in [0.15, 0.2) is 24.3 Å². The average molecular weight is 297 g/mol. The highest BCUT2D eigenvalue weighted by molar-refractivity contribution is 5.85. The molecule has 5 nitrogen and oxygen atoms in total. The lowest BCUT2D eigenvalue weighted by molar-refractivity contribution is -0.00702. The van der Waals surface area contributed by atoms with Crippen molar-refractivity contribution in [3.05, 3.63) is 24.3 Å². The summed E-state index contributed by atoms with van der Waals surface area (Å²) in [7, 11) is 0. The van der Waals surface area contributed by atoms with Crippen molar-refractivity contribution in [2.24, 2.45) is 0 Å². The van der Waals surface area contributed by atoms with Gasteiger partial charge in [0.15, 0.2) is 0 Å². The molecule has 0 saturated carbocycles. The minimum absolute atomic E-state index is 0. The largest absolute Gasteiger partial charge is 0.379 e. The summed E-state index contributed by atoms with van der Waals surface area (Å²) in [6.45, 7) is 5.78. The molecule has 0 aliphatic carbocycles. The van der Waals surface area contributed by atoms with Gasteiger partial charge in [-0.2, -0.15) is 0 Å². The Balaban J connectivity index is 0.00000147. The van der Waals surface area contributed by atoms with E-state index in [1.165, 1.54) is 0 Å². The lowest BCUT2D eigenvalue weighted by Crippen LogP contribution is -2.41. The smallest absolute Gasteiger partial charge is 0.113 e. The Kier molecular flexibility index (Phi) is 5.34. The third-order valence-corrected chi connectivity index (χ3v) is 3.67. The standard InChI is InChI=1S/C14H20N4O.ClH/c1-2-5-14(17-8-10-19-11-9-17)18-13-7-4-3-6-12(13)15-16-18;/h3-4,6-7,14H,2,5,8-11H2,1H3;1H. The number of nitrogens with zero attached hydrogens (tertiary/aromatic N) is 4. The molecule has 20 heavy (non-hydrogen) atoms. The molecule has 1 fully saturated rings. The average Bonchev–Trinajstić information content (AvgIpc) is 2.89. The molecule has 1 saturated heterocycles. The van der Waals surface area contributed by atoms with Crippen molar-refractivity contribution < 1.29 is 4.74 Å². The first kappa shape index (κ1) is 15.2. The quantitative estimate of drug-likeness (QED) is 0.869. The Morgan fingerprint density at radius 3 is 2.75 bits per heavy atom. The molecule has 1 aromatic heterocycles. The number of para-hydroxylation sites is 1. The summed E-state index contributed by atoms with van der Waals surface area (Å²) in [5.41, 5.74) is 2.09. The van der Waals surface area contributed by atoms with Gasteiger partial charge in [-0.1, -0.05) is 30.7 Å². The third-order valence-electron chi connectivity index (χ3n) is 3.67. The monoisotopic (exact) mass is 296 g/mol. The van der Waals surface area contributed by atoms with E-state index in [1.54, 1.807) is 0 Å². The molecular weight excluding hydrogens is 276 g/mol. The number of halogens is 1. The normalized spacial score (nSPS) is 17.9. The Bertz CT molecular complexity index is 539. The van der Waals surface area contributed by atoms with Crippen LogP contribution in [0.25, 0.3) is 11.0 Å². The maximum Gasteiger partial charge on any atom is 0.113 e. The number of benzene rings is 1. The lowest BCUT2D eigenvalue weighted by Gasteiger charge is -2.34. The van der Waals surface area contributed by atoms with Crippen LogP contribution in [-0.4, -0.2) is 46.2 Å². The van der Waals surface area contributed by atoms with E-state index in [0.717, 1.165) is 50.2 Å². The van der Waals surface area contributed by atoms with Crippen molar-refractivity contribution in [3.8, 4) is 0 Å². The summed E-state index contributed by atoms with van der Waals surface area (Å²) in [5.74, 6) is 0. The molecule has 1 aromatic carbocycles. The molecule has 2 aromatic rings. The molecule has 110 valence electrons. The highest BCUT2D eigenvalue weighted by Gasteiger charge is 2.23. The Morgan fingerprint density at radius 1 is 1.25 bits per heavy atom. The second kappa shape index (κ2) is 7.02. The number of ether oxygens (including phenoxy) is 1. The Morgan fingerprint density at radius 2 is 2.00 bits per heavy atom. The summed E-state index contributed by atoms with van der Waals surface area (Å²) in [5, 5.41) is 8.65. The van der Waals surface area contributed by atoms with Crippen molar-refractivity contribution in [2.45, 2.75) is 25.9 Å². The molecular formula is C14H21ClN4O. The molecule has 1 aliphatic heterocycles. The Labute approximate surface area is 125 Å². The molecule has 0 N–H and O–H groups in total. The first-order valence-electron chi connectivity index (χ1n) is 7.02. The highest BCUT2D eigenvalue weighted by atomic mass is 35.5. The van der Waals surface area contributed by atoms with Gasteiger partial charge in [0.25, 0.3) is 0 Å². The number of rotatable bonds is 4. The molecule has 0 amide bonds. The minimum atomic E-state index is 0. The van der Waals surface area contributed by atoms with Crippen molar-refractivity contribution >= 4 is 23.4 Å². The molecule has 0 radical (unpaired) electrons. The summed E-state index contributed by atoms with van der Waals surface area (Å²) in [4.78, 5) is 2.45. The van der Waals surface area contributed by atoms with Crippen LogP contribution in [-0.2, 0) is 4.74 Å². The van der Waals surface area contributed by atoms with E-state index in [-0.39, 0.29) is 12.4 Å². The summed E-state index contributed by atoms with van der Waals surface area (Å²) < 4.78 is 7.52. The van der Waals surface area contributed by atoms with Crippen LogP contribution in [0.3, 0.4) is 0 Å². The molecule has 1 aliphatic rings. The summed E-state index contributed by atoms with van der Waals surface area (Å²) >= 11 is 0. The summed E-state index contributed by atoms with van der Waals surface area (Å²) in [6.07, 6.45) is 2.52. The number of hydrogen-bond acceptors (Lipinski definition) is 4. The summed E-state index contributed by atoms with van der Waals surface area (Å²) in [6, 6.07) is 8.16. The van der Waals surface area contributed by atoms with Crippen LogP contribution in [0.2, 0.25) is 0 Å². The van der Waals surface area contributed by atoms with E-state index in [2.05, 4.69) is 32.9 Å². The van der Waals surface area contributed by atoms with Crippen molar-refractivity contribution in [2.75, 3.05) is 26.3 Å². The van der Waals surface area contributed by atoms with E-state index >= 15 is 0 Å². The van der Waals surface area contributed by atoms with Crippen LogP contribution in [0, 0.1) is 0 Å². The van der Waals surface area contributed by atoms with E-state index in [0.29, 0.717) is 6.17 Å². The highest BCUT2D eigenvalue weighted by Crippen LogP contribution is 2.23. The number of aromatic nitrogens is 3. The predicted molar refractivity (Wildman–Crippen MR) is 81.1 cm³/mol. The predicted octanol–water partition coefficient (Wildman–Crippen LogP) is 2.48. The number of fused-ring (bicyclic) bond motifs is 1. The van der Waals surface area contributed by atoms with Gasteiger partial charge in [-0.15, -0.1) is 17.5 Å². The molecule has 1 atom stereocenters. The first-order valence-corrected chi connectivity index (χ1v) is 7.02. The van der Waals surface area contributed by atoms with Crippen molar-refractivity contribution in [3.63, 3.8) is 0 Å². The van der Waals surface area contributed by atoms with Gasteiger partial charge in [0.05, 0.1) is 18.7 Å². The van der Waals surface area contributed by atoms with Gasteiger partial charge in [0.1, 0.15) is 11.7 Å². The number of hydrogen-bond donors (Lipinski definition) is 0. The SMILES string of the molecule is CCCC(N1CCOCC1)n1nnc2ccccc21.Cl. The van der Waals surface area contributed by atoms with Gasteiger partial charge >= 0.3 is 0 Å². The molecule has 0 bridgehead atoms. The first-order chi connectivity index (χ1) is 9.40. The maximum atomic E-state index is 5.45. The van der Waals surface area contributed by atoms with Gasteiger partial charge in [-0.25, -0.2) is 4.68 Å². The fourth-order valence-corrected chi connectivity index (χ4v) is 2.70. The lowest BCUT2D eigenvalue weighted by atomic mass is 10.2. The van der Waals surface area contributed by atoms with Gasteiger partial charge in [-0.05, 0) is 18.6 Å². The molecule has 6 heteroatoms. The number of morpholine rings is 1. The fraction of sp³-hybridized carbons (Fsp3) is 0.571. The minimum Gasteiger partial charge on any atom is -0.379 e. The zero-order chi connectivity index (χ0) is 13.1. The van der Waals surface area contributed by atoms with E-state index < -0.39 is 0 Å². The van der Waals surface area contributed by atoms with Gasteiger partial charge in [0, 0.05) is 13.1 Å². The molecule has 0 spiro atoms. The Hall–Kier alpha value is -1.17. The second-order valence-corrected chi connectivity index (χ2v) is 4.94. The van der Waals surface area contributed by atoms with E-state index in [9.17, 15) is 0 Å². The zero-order valence-corrected chi connectivity index (χ0v) is 12.6.